The Morgan fingerprint density at radius 2 is 2.00 bits per heavy atom. The van der Waals surface area contributed by atoms with Crippen molar-refractivity contribution in [2.75, 3.05) is 0 Å². The van der Waals surface area contributed by atoms with E-state index < -0.39 is 28.6 Å². The number of hydrogen-bond donors (Lipinski definition) is 1. The summed E-state index contributed by atoms with van der Waals surface area (Å²) in [5, 5.41) is 38.5. The van der Waals surface area contributed by atoms with Crippen LogP contribution in [0.5, 0.6) is 0 Å². The second kappa shape index (κ2) is 4.85. The molecule has 1 aromatic rings. The minimum Gasteiger partial charge on any atom is -0.466 e. The summed E-state index contributed by atoms with van der Waals surface area (Å²) >= 11 is 0. The molecule has 1 saturated carbocycles. The molecule has 2 bridgehead atoms. The minimum atomic E-state index is -1.92. The van der Waals surface area contributed by atoms with Gasteiger partial charge in [-0.05, 0) is 30.9 Å². The molecule has 5 atom stereocenters. The Bertz CT molecular complexity index is 844. The van der Waals surface area contributed by atoms with Gasteiger partial charge in [-0.3, -0.25) is 5.41 Å². The van der Waals surface area contributed by atoms with Crippen LogP contribution >= 0.6 is 0 Å². The van der Waals surface area contributed by atoms with Gasteiger partial charge in [-0.1, -0.05) is 6.92 Å². The van der Waals surface area contributed by atoms with Gasteiger partial charge in [-0.15, -0.1) is 0 Å². The molecule has 7 nitrogen and oxygen atoms in total. The van der Waals surface area contributed by atoms with E-state index in [-0.39, 0.29) is 11.7 Å². The number of ether oxygens (including phenoxy) is 2. The smallest absolute Gasteiger partial charge is 0.217 e. The van der Waals surface area contributed by atoms with E-state index in [2.05, 4.69) is 13.0 Å². The van der Waals surface area contributed by atoms with E-state index in [9.17, 15) is 15.8 Å². The van der Waals surface area contributed by atoms with E-state index in [0.717, 1.165) is 6.42 Å². The zero-order valence-corrected chi connectivity index (χ0v) is 13.7. The third-order valence-electron chi connectivity index (χ3n) is 5.97. The number of nitrogens with one attached hydrogen (secondary N) is 1. The molecule has 2 aliphatic heterocycles. The molecule has 5 unspecified atom stereocenters. The summed E-state index contributed by atoms with van der Waals surface area (Å²) < 4.78 is 17.4. The average Bonchev–Trinajstić information content (AvgIpc) is 3.20. The molecule has 0 radical (unpaired) electrons. The van der Waals surface area contributed by atoms with Crippen LogP contribution in [0.2, 0.25) is 0 Å². The molecule has 7 heteroatoms. The molecule has 126 valence electrons. The predicted molar refractivity (Wildman–Crippen MR) is 82.3 cm³/mol. The molecular weight excluding hydrogens is 320 g/mol. The van der Waals surface area contributed by atoms with Gasteiger partial charge in [0, 0.05) is 6.42 Å². The largest absolute Gasteiger partial charge is 0.466 e. The highest BCUT2D eigenvalue weighted by molar-refractivity contribution is 5.89. The van der Waals surface area contributed by atoms with Crippen LogP contribution in [0, 0.1) is 62.1 Å². The highest BCUT2D eigenvalue weighted by Crippen LogP contribution is 2.69. The van der Waals surface area contributed by atoms with Crippen LogP contribution in [0.3, 0.4) is 0 Å². The first-order valence-corrected chi connectivity index (χ1v) is 8.22. The Hall–Kier alpha value is -2.82. The highest BCUT2D eigenvalue weighted by atomic mass is 16.7. The summed E-state index contributed by atoms with van der Waals surface area (Å²) in [6.07, 6.45) is 2.23. The topological polar surface area (TPSA) is 127 Å². The van der Waals surface area contributed by atoms with E-state index in [1.54, 1.807) is 12.1 Å². The molecular formula is C18H16N4O3. The maximum absolute atomic E-state index is 10.1. The maximum Gasteiger partial charge on any atom is 0.217 e. The number of rotatable bonds is 1. The van der Waals surface area contributed by atoms with Crippen molar-refractivity contribution in [3.8, 4) is 18.2 Å². The summed E-state index contributed by atoms with van der Waals surface area (Å²) in [6, 6.07) is 9.42. The standard InChI is InChI=1S/C18H16N4O3/c1-11-4-5-18-13(7-11)17(10-21,15(22)25-18)16(8-19,9-20)14(24-18)12-3-2-6-23-12/h2-3,6,11,13-14,22H,4-5,7H2,1H3. The minimum absolute atomic E-state index is 0.289. The Balaban J connectivity index is 2.01. The van der Waals surface area contributed by atoms with Gasteiger partial charge in [0.15, 0.2) is 11.5 Å². The molecule has 1 aliphatic carbocycles. The van der Waals surface area contributed by atoms with Gasteiger partial charge in [0.25, 0.3) is 0 Å². The van der Waals surface area contributed by atoms with Crippen molar-refractivity contribution in [1.82, 2.24) is 0 Å². The fraction of sp³-hybridized carbons (Fsp3) is 0.556. The number of nitriles is 3. The van der Waals surface area contributed by atoms with E-state index in [1.807, 2.05) is 12.1 Å². The van der Waals surface area contributed by atoms with Gasteiger partial charge in [-0.2, -0.15) is 15.8 Å². The SMILES string of the molecule is CC1CCC23OC(=N)C(C#N)(C2C1)C(C#N)(C#N)C(c1ccco1)O3. The molecule has 0 amide bonds. The van der Waals surface area contributed by atoms with Gasteiger partial charge in [-0.25, -0.2) is 0 Å². The number of nitrogens with zero attached hydrogens (tertiary/aromatic N) is 3. The highest BCUT2D eigenvalue weighted by Gasteiger charge is 2.81. The summed E-state index contributed by atoms with van der Waals surface area (Å²) in [7, 11) is 0. The van der Waals surface area contributed by atoms with Crippen molar-refractivity contribution in [2.24, 2.45) is 22.7 Å². The van der Waals surface area contributed by atoms with Crippen molar-refractivity contribution in [1.29, 1.82) is 21.2 Å². The fourth-order valence-corrected chi connectivity index (χ4v) is 4.72. The Morgan fingerprint density at radius 3 is 2.60 bits per heavy atom. The van der Waals surface area contributed by atoms with Gasteiger partial charge < -0.3 is 13.9 Å². The van der Waals surface area contributed by atoms with Gasteiger partial charge in [0.2, 0.25) is 17.1 Å². The zero-order valence-electron chi connectivity index (χ0n) is 13.7. The van der Waals surface area contributed by atoms with Gasteiger partial charge in [0.05, 0.1) is 30.4 Å². The molecule has 0 aromatic carbocycles. The normalized spacial score (nSPS) is 40.9. The molecule has 4 rings (SSSR count). The number of furan rings is 1. The van der Waals surface area contributed by atoms with Crippen LogP contribution in [0.4, 0.5) is 0 Å². The lowest BCUT2D eigenvalue weighted by Crippen LogP contribution is -2.60. The monoisotopic (exact) mass is 336 g/mol. The molecule has 2 saturated heterocycles. The lowest BCUT2D eigenvalue weighted by Gasteiger charge is -2.51. The molecule has 0 spiro atoms. The van der Waals surface area contributed by atoms with Crippen molar-refractivity contribution in [3.05, 3.63) is 24.2 Å². The van der Waals surface area contributed by atoms with E-state index in [1.165, 1.54) is 6.26 Å². The lowest BCUT2D eigenvalue weighted by molar-refractivity contribution is -0.301. The maximum atomic E-state index is 10.1. The van der Waals surface area contributed by atoms with Crippen LogP contribution in [-0.4, -0.2) is 11.7 Å². The Morgan fingerprint density at radius 1 is 1.24 bits per heavy atom. The van der Waals surface area contributed by atoms with Gasteiger partial charge >= 0.3 is 0 Å². The second-order valence-electron chi connectivity index (χ2n) is 7.14. The third kappa shape index (κ3) is 1.58. The number of hydrogen-bond acceptors (Lipinski definition) is 7. The lowest BCUT2D eigenvalue weighted by atomic mass is 9.51. The summed E-state index contributed by atoms with van der Waals surface area (Å²) in [5.41, 5.74) is -3.60. The molecule has 25 heavy (non-hydrogen) atoms. The van der Waals surface area contributed by atoms with Crippen LogP contribution < -0.4 is 0 Å². The Kier molecular flexibility index (Phi) is 3.04. The fourth-order valence-electron chi connectivity index (χ4n) is 4.72. The quantitative estimate of drug-likeness (QED) is 0.839. The third-order valence-corrected chi connectivity index (χ3v) is 5.97. The second-order valence-corrected chi connectivity index (χ2v) is 7.14. The first-order valence-electron chi connectivity index (χ1n) is 8.22. The van der Waals surface area contributed by atoms with Crippen LogP contribution in [0.1, 0.15) is 38.1 Å². The van der Waals surface area contributed by atoms with E-state index >= 15 is 0 Å². The average molecular weight is 336 g/mol. The first-order chi connectivity index (χ1) is 12.0. The van der Waals surface area contributed by atoms with Crippen LogP contribution in [0.15, 0.2) is 22.8 Å². The molecule has 1 N–H and O–H groups in total. The molecule has 3 aliphatic rings. The summed E-state index contributed by atoms with van der Waals surface area (Å²) in [4.78, 5) is 0. The molecule has 1 aromatic heterocycles. The molecule has 3 fully saturated rings. The van der Waals surface area contributed by atoms with Crippen LogP contribution in [-0.2, 0) is 9.47 Å². The van der Waals surface area contributed by atoms with Crippen LogP contribution in [0.25, 0.3) is 0 Å². The summed E-state index contributed by atoms with van der Waals surface area (Å²) in [6.45, 7) is 2.06. The van der Waals surface area contributed by atoms with Crippen molar-refractivity contribution in [3.63, 3.8) is 0 Å². The molecule has 3 heterocycles. The predicted octanol–water partition coefficient (Wildman–Crippen LogP) is 3.03. The summed E-state index contributed by atoms with van der Waals surface area (Å²) in [5.74, 6) is -1.46. The first kappa shape index (κ1) is 15.7. The van der Waals surface area contributed by atoms with Crippen molar-refractivity contribution >= 4 is 5.90 Å². The Labute approximate surface area is 144 Å². The van der Waals surface area contributed by atoms with E-state index in [4.69, 9.17) is 19.3 Å². The zero-order chi connectivity index (χ0) is 17.9. The van der Waals surface area contributed by atoms with E-state index in [0.29, 0.717) is 18.8 Å². The van der Waals surface area contributed by atoms with Crippen molar-refractivity contribution < 1.29 is 13.9 Å². The van der Waals surface area contributed by atoms with Crippen molar-refractivity contribution in [2.45, 2.75) is 38.1 Å². The van der Waals surface area contributed by atoms with Gasteiger partial charge in [0.1, 0.15) is 5.76 Å².